The maximum absolute atomic E-state index is 16.3. The molecule has 1 spiro atoms. The molecule has 0 aromatic heterocycles. The lowest BCUT2D eigenvalue weighted by Crippen LogP contribution is -2.74. The Morgan fingerprint density at radius 3 is 2.47 bits per heavy atom. The van der Waals surface area contributed by atoms with Gasteiger partial charge in [0.15, 0.2) is 5.78 Å². The molecule has 85 heavy (non-hydrogen) atoms. The highest BCUT2D eigenvalue weighted by Crippen LogP contribution is 2.77. The first-order valence-electron chi connectivity index (χ1n) is 33.8. The monoisotopic (exact) mass is 1190 g/mol. The summed E-state index contributed by atoms with van der Waals surface area (Å²) in [6, 6.07) is 0.416. The molecule has 3 aliphatic heterocycles. The summed E-state index contributed by atoms with van der Waals surface area (Å²) >= 11 is 0. The molecule has 15 N–H and O–H groups in total. The molecular weight excluding hydrogens is 1080 g/mol. The van der Waals surface area contributed by atoms with Gasteiger partial charge in [-0.2, -0.15) is 0 Å². The normalized spacial score (nSPS) is 48.4. The lowest BCUT2D eigenvalue weighted by atomic mass is 9.37. The van der Waals surface area contributed by atoms with Gasteiger partial charge in [0.1, 0.15) is 5.60 Å². The Balaban J connectivity index is 1.01. The molecule has 3 heterocycles. The maximum atomic E-state index is 16.3. The fraction of sp³-hybridized carbons (Fsp3) is 0.838. The Morgan fingerprint density at radius 1 is 0.941 bits per heavy atom. The largest absolute Gasteiger partial charge is 0.396 e. The van der Waals surface area contributed by atoms with E-state index in [1.807, 2.05) is 31.4 Å². The summed E-state index contributed by atoms with van der Waals surface area (Å²) in [6.45, 7) is 6.89. The fourth-order valence-corrected chi connectivity index (χ4v) is 22.0. The van der Waals surface area contributed by atoms with Crippen molar-refractivity contribution >= 4 is 5.78 Å². The predicted molar refractivity (Wildman–Crippen MR) is 322 cm³/mol. The molecule has 12 aliphatic rings. The molecule has 1 saturated heterocycles. The number of dihydropyridines is 1. The molecule has 0 aromatic carbocycles. The van der Waals surface area contributed by atoms with Gasteiger partial charge in [-0.1, -0.05) is 50.5 Å². The van der Waals surface area contributed by atoms with Gasteiger partial charge in [-0.05, 0) is 214 Å². The van der Waals surface area contributed by atoms with Crippen LogP contribution in [-0.2, 0) is 14.3 Å². The maximum Gasteiger partial charge on any atom is 0.182 e. The number of fused-ring (bicyclic) bond motifs is 6. The molecule has 17 nitrogen and oxygen atoms in total. The zero-order valence-corrected chi connectivity index (χ0v) is 51.5. The van der Waals surface area contributed by atoms with Crippen LogP contribution in [0.3, 0.4) is 0 Å². The van der Waals surface area contributed by atoms with Gasteiger partial charge >= 0.3 is 0 Å². The van der Waals surface area contributed by atoms with Crippen LogP contribution in [0.25, 0.3) is 0 Å². The molecule has 23 unspecified atom stereocenters. The Kier molecular flexibility index (Phi) is 17.5. The summed E-state index contributed by atoms with van der Waals surface area (Å²) in [5, 5.41) is 130. The Morgan fingerprint density at radius 2 is 1.73 bits per heavy atom. The summed E-state index contributed by atoms with van der Waals surface area (Å²) < 4.78 is 14.0. The average molecular weight is 1190 g/mol. The van der Waals surface area contributed by atoms with Crippen molar-refractivity contribution in [1.82, 2.24) is 21.3 Å². The topological polar surface area (TPSA) is 292 Å². The fourth-order valence-electron chi connectivity index (χ4n) is 22.0. The molecule has 12 rings (SSSR count). The minimum atomic E-state index is -1.99. The van der Waals surface area contributed by atoms with Crippen molar-refractivity contribution in [3.8, 4) is 0 Å². The van der Waals surface area contributed by atoms with E-state index in [0.29, 0.717) is 68.6 Å². The zero-order valence-electron chi connectivity index (χ0n) is 51.5. The van der Waals surface area contributed by atoms with Gasteiger partial charge in [-0.25, -0.2) is 0 Å². The third kappa shape index (κ3) is 10.3. The number of ketones is 1. The Hall–Kier alpha value is -2.75. The summed E-state index contributed by atoms with van der Waals surface area (Å²) in [5.74, 6) is -3.31. The number of rotatable bonds is 18. The number of allylic oxidation sites excluding steroid dienone is 5. The van der Waals surface area contributed by atoms with Crippen molar-refractivity contribution in [3.63, 3.8) is 0 Å². The van der Waals surface area contributed by atoms with Gasteiger partial charge in [-0.3, -0.25) is 4.79 Å². The minimum Gasteiger partial charge on any atom is -0.396 e. The standard InChI is InChI=1S/C68H107N5O12/c1-5-8-40-11-13-46-53(15-12-40)85-61-56(46)50(76)10-6-22-68(61,83)62(3,80)54-20-26-67(82)57-58(72-36-39(2)75)59(79)47-33-51(77)52(78)35-64(47)34-42(45-14-16-55(69)73-48(45)9-7-29-74)17-25-65(81,60(57)64)37-66(54,67)43-18-23-63(24-19-43,38-70-4)27-30-84-44-31-41-21-28-71-49(41)32-44/h14,16-17,21,25,28,39-44,46-47,49-56,60-61,70-78,80-83H,5-13,15,18-20,22-24,26-27,29-38,69H2,1-4H3. The number of carbonyl (C=O) groups is 1. The number of ether oxygens (including phenoxy) is 2. The summed E-state index contributed by atoms with van der Waals surface area (Å²) in [4.78, 5) is 16.3. The average Bonchev–Trinajstić information content (AvgIpc) is 1.63. The van der Waals surface area contributed by atoms with Crippen molar-refractivity contribution in [1.29, 1.82) is 0 Å². The van der Waals surface area contributed by atoms with Gasteiger partial charge in [0.2, 0.25) is 0 Å². The van der Waals surface area contributed by atoms with E-state index in [1.54, 1.807) is 13.8 Å². The molecule has 0 bridgehead atoms. The number of aliphatic hydroxyl groups excluding tert-OH is 5. The lowest BCUT2D eigenvalue weighted by Gasteiger charge is -2.69. The number of nitrogens with one attached hydrogen (secondary N) is 4. The zero-order chi connectivity index (χ0) is 60.1. The lowest BCUT2D eigenvalue weighted by molar-refractivity contribution is -0.277. The SMILES string of the molecule is CCCC1CCC2OC3C(C(O)CCCC3(O)C(C)(O)C3CCC4(O)C5=C(NCC(C)O)C(=O)C6CC(O)C(O)CC67CC(C6=C(CCCO)NC(N)C=C6)C=CC(O)(CC34C3CCC(CCOC4CC6C=CNC6C4)(CNC)CC3)C57)C2CC1. The Labute approximate surface area is 505 Å². The Bertz CT molecular complexity index is 2600. The third-order valence-electron chi connectivity index (χ3n) is 25.7. The molecule has 8 fully saturated rings. The number of nitrogens with two attached hydrogens (primary N) is 1. The molecule has 23 atom stereocenters. The van der Waals surface area contributed by atoms with Gasteiger partial charge in [0.05, 0.1) is 71.4 Å². The second-order valence-electron chi connectivity index (χ2n) is 30.3. The molecule has 0 radical (unpaired) electrons. The van der Waals surface area contributed by atoms with E-state index < -0.39 is 99.5 Å². The number of carbonyl (C=O) groups excluding carboxylic acids is 1. The van der Waals surface area contributed by atoms with Crippen LogP contribution >= 0.6 is 0 Å². The molecule has 0 aromatic rings. The van der Waals surface area contributed by atoms with Crippen LogP contribution < -0.4 is 27.0 Å². The van der Waals surface area contributed by atoms with E-state index in [9.17, 15) is 40.9 Å². The molecule has 0 amide bonds. The first-order chi connectivity index (χ1) is 40.6. The molecular formula is C68H107N5O12. The summed E-state index contributed by atoms with van der Waals surface area (Å²) in [7, 11) is 2.00. The van der Waals surface area contributed by atoms with Gasteiger partial charge in [-0.15, -0.1) is 0 Å². The number of hydrogen-bond acceptors (Lipinski definition) is 17. The molecule has 7 saturated carbocycles. The van der Waals surface area contributed by atoms with E-state index in [2.05, 4.69) is 40.5 Å². The van der Waals surface area contributed by atoms with Crippen LogP contribution in [0, 0.1) is 69.5 Å². The molecule has 17 heteroatoms. The van der Waals surface area contributed by atoms with Crippen molar-refractivity contribution in [3.05, 3.63) is 59.1 Å². The number of hydrogen-bond donors (Lipinski definition) is 14. The van der Waals surface area contributed by atoms with Gasteiger partial charge < -0.3 is 82.4 Å². The van der Waals surface area contributed by atoms with Crippen LogP contribution in [0.5, 0.6) is 0 Å². The van der Waals surface area contributed by atoms with Crippen LogP contribution in [0.2, 0.25) is 0 Å². The highest BCUT2D eigenvalue weighted by atomic mass is 16.5. The highest BCUT2D eigenvalue weighted by Gasteiger charge is 2.80. The van der Waals surface area contributed by atoms with E-state index >= 15 is 9.90 Å². The van der Waals surface area contributed by atoms with E-state index in [-0.39, 0.29) is 99.0 Å². The first-order valence-corrected chi connectivity index (χ1v) is 33.8. The van der Waals surface area contributed by atoms with Gasteiger partial charge in [0, 0.05) is 73.0 Å². The number of Topliss-reactive ketones (excluding diaryl/α,β-unsaturated/α-hetero) is 1. The predicted octanol–water partition coefficient (Wildman–Crippen LogP) is 4.92. The molecule has 476 valence electrons. The van der Waals surface area contributed by atoms with Crippen LogP contribution in [-0.4, -0.2) is 162 Å². The van der Waals surface area contributed by atoms with Crippen molar-refractivity contribution in [2.75, 3.05) is 33.4 Å². The van der Waals surface area contributed by atoms with E-state index in [4.69, 9.17) is 15.2 Å². The number of aliphatic hydroxyl groups is 9. The van der Waals surface area contributed by atoms with Crippen molar-refractivity contribution < 1.29 is 60.2 Å². The van der Waals surface area contributed by atoms with Crippen LogP contribution in [0.4, 0.5) is 0 Å². The second kappa shape index (κ2) is 23.8. The summed E-state index contributed by atoms with van der Waals surface area (Å²) in [5.41, 5.74) is -1.77. The van der Waals surface area contributed by atoms with Crippen molar-refractivity contribution in [2.45, 2.75) is 252 Å². The van der Waals surface area contributed by atoms with Crippen LogP contribution in [0.1, 0.15) is 175 Å². The summed E-state index contributed by atoms with van der Waals surface area (Å²) in [6.07, 6.45) is 20.5. The third-order valence-corrected chi connectivity index (χ3v) is 25.7. The van der Waals surface area contributed by atoms with Crippen molar-refractivity contribution in [2.24, 2.45) is 75.2 Å². The van der Waals surface area contributed by atoms with E-state index in [0.717, 1.165) is 88.4 Å². The quantitative estimate of drug-likeness (QED) is 0.0811. The second-order valence-corrected chi connectivity index (χ2v) is 30.3. The smallest absolute Gasteiger partial charge is 0.182 e. The first kappa shape index (κ1) is 62.4. The van der Waals surface area contributed by atoms with Crippen LogP contribution in [0.15, 0.2) is 59.1 Å². The highest BCUT2D eigenvalue weighted by molar-refractivity contribution is 6.00. The minimum absolute atomic E-state index is 0.0000696. The van der Waals surface area contributed by atoms with Gasteiger partial charge in [0.25, 0.3) is 0 Å². The van der Waals surface area contributed by atoms with E-state index in [1.165, 1.54) is 0 Å². The molecule has 9 aliphatic carbocycles.